The van der Waals surface area contributed by atoms with Crippen LogP contribution in [0, 0.1) is 0 Å². The zero-order valence-electron chi connectivity index (χ0n) is 8.08. The van der Waals surface area contributed by atoms with E-state index < -0.39 is 14.0 Å². The molecule has 4 nitrogen and oxygen atoms in total. The van der Waals surface area contributed by atoms with Crippen LogP contribution in [0.4, 0.5) is 0 Å². The van der Waals surface area contributed by atoms with Gasteiger partial charge < -0.3 is 10.00 Å². The topological polar surface area (TPSA) is 77.4 Å². The largest absolute Gasteiger partial charge is 0.591 e. The summed E-state index contributed by atoms with van der Waals surface area (Å²) in [7, 11) is -2.90. The van der Waals surface area contributed by atoms with Gasteiger partial charge in [0.25, 0.3) is 0 Å². The Balaban J connectivity index is 2.90. The summed E-state index contributed by atoms with van der Waals surface area (Å²) in [5.41, 5.74) is -0.158. The van der Waals surface area contributed by atoms with Gasteiger partial charge in [0.1, 0.15) is 5.56 Å². The van der Waals surface area contributed by atoms with Crippen LogP contribution in [0.3, 0.4) is 0 Å². The third-order valence-electron chi connectivity index (χ3n) is 2.32. The third-order valence-corrected chi connectivity index (χ3v) is 3.08. The molecule has 0 fully saturated rings. The van der Waals surface area contributed by atoms with E-state index in [4.69, 9.17) is 5.11 Å². The number of hydrogen-bond donors (Lipinski definition) is 1. The second-order valence-electron chi connectivity index (χ2n) is 3.24. The maximum atomic E-state index is 11.1. The standard InChI is InChI=1S/C11H7O4P/c12-11(13)10-8-4-2-1-3-7(8)5-6-9(10)16(14)15/h1-6H,(H,12,13). The van der Waals surface area contributed by atoms with Crippen molar-refractivity contribution in [3.05, 3.63) is 42.0 Å². The number of carboxylic acids is 1. The number of fused-ring (bicyclic) bond motifs is 1. The molecular formula is C11H7O4P. The lowest BCUT2D eigenvalue weighted by Crippen LogP contribution is -2.16. The van der Waals surface area contributed by atoms with E-state index in [1.54, 1.807) is 30.3 Å². The van der Waals surface area contributed by atoms with Gasteiger partial charge in [0.15, 0.2) is 0 Å². The van der Waals surface area contributed by atoms with Crippen molar-refractivity contribution in [2.24, 2.45) is 0 Å². The summed E-state index contributed by atoms with van der Waals surface area (Å²) in [6, 6.07) is 9.70. The highest BCUT2D eigenvalue weighted by molar-refractivity contribution is 7.46. The Labute approximate surface area is 92.0 Å². The van der Waals surface area contributed by atoms with Crippen molar-refractivity contribution in [1.82, 2.24) is 0 Å². The SMILES string of the molecule is O=C(O)c1c([P+](=O)[O-])ccc2ccccc12. The molecule has 0 saturated heterocycles. The first-order chi connectivity index (χ1) is 7.61. The molecular weight excluding hydrogens is 227 g/mol. The molecule has 2 rings (SSSR count). The fourth-order valence-corrected chi connectivity index (χ4v) is 2.23. The second-order valence-corrected chi connectivity index (χ2v) is 4.24. The summed E-state index contributed by atoms with van der Waals surface area (Å²) in [6.45, 7) is 0. The lowest BCUT2D eigenvalue weighted by molar-refractivity contribution is -0.160. The molecule has 1 N–H and O–H groups in total. The van der Waals surface area contributed by atoms with Gasteiger partial charge in [-0.05, 0) is 17.5 Å². The Kier molecular flexibility index (Phi) is 2.69. The van der Waals surface area contributed by atoms with E-state index in [0.717, 1.165) is 0 Å². The van der Waals surface area contributed by atoms with Crippen molar-refractivity contribution in [3.63, 3.8) is 0 Å². The lowest BCUT2D eigenvalue weighted by atomic mass is 10.0. The normalized spacial score (nSPS) is 11.4. The van der Waals surface area contributed by atoms with Crippen LogP contribution in [-0.4, -0.2) is 11.1 Å². The summed E-state index contributed by atoms with van der Waals surface area (Å²) < 4.78 is 10.9. The Bertz CT molecular complexity index is 592. The quantitative estimate of drug-likeness (QED) is 0.793. The monoisotopic (exact) mass is 234 g/mol. The van der Waals surface area contributed by atoms with Crippen LogP contribution >= 0.6 is 8.03 Å². The minimum absolute atomic E-state index is 0.152. The maximum absolute atomic E-state index is 11.1. The maximum Gasteiger partial charge on any atom is 0.349 e. The molecule has 0 aliphatic carbocycles. The van der Waals surface area contributed by atoms with Crippen molar-refractivity contribution >= 4 is 30.1 Å². The summed E-state index contributed by atoms with van der Waals surface area (Å²) in [4.78, 5) is 22.0. The predicted octanol–water partition coefficient (Wildman–Crippen LogP) is 1.27. The minimum Gasteiger partial charge on any atom is -0.591 e. The predicted molar refractivity (Wildman–Crippen MR) is 58.1 cm³/mol. The van der Waals surface area contributed by atoms with Gasteiger partial charge in [-0.15, -0.1) is 0 Å². The molecule has 2 aromatic rings. The van der Waals surface area contributed by atoms with Gasteiger partial charge in [-0.1, -0.05) is 28.8 Å². The van der Waals surface area contributed by atoms with Crippen molar-refractivity contribution in [3.8, 4) is 0 Å². The van der Waals surface area contributed by atoms with Gasteiger partial charge in [0.2, 0.25) is 5.30 Å². The van der Waals surface area contributed by atoms with Crippen LogP contribution in [-0.2, 0) is 4.57 Å². The van der Waals surface area contributed by atoms with Gasteiger partial charge in [-0.2, -0.15) is 0 Å². The van der Waals surface area contributed by atoms with Crippen molar-refractivity contribution in [2.45, 2.75) is 0 Å². The smallest absolute Gasteiger partial charge is 0.349 e. The van der Waals surface area contributed by atoms with Crippen molar-refractivity contribution < 1.29 is 19.4 Å². The summed E-state index contributed by atoms with van der Waals surface area (Å²) >= 11 is 0. The molecule has 0 amide bonds. The highest BCUT2D eigenvalue weighted by Gasteiger charge is 2.22. The van der Waals surface area contributed by atoms with E-state index in [1.165, 1.54) is 6.07 Å². The first-order valence-corrected chi connectivity index (χ1v) is 5.68. The Morgan fingerprint density at radius 1 is 1.19 bits per heavy atom. The zero-order chi connectivity index (χ0) is 11.7. The second kappa shape index (κ2) is 4.00. The van der Waals surface area contributed by atoms with Crippen LogP contribution in [0.1, 0.15) is 10.4 Å². The van der Waals surface area contributed by atoms with Crippen LogP contribution in [0.5, 0.6) is 0 Å². The molecule has 2 aromatic carbocycles. The first kappa shape index (κ1) is 10.7. The average Bonchev–Trinajstić information content (AvgIpc) is 2.27. The molecule has 0 bridgehead atoms. The molecule has 0 aliphatic rings. The number of carboxylic acid groups (broad SMARTS) is 1. The Morgan fingerprint density at radius 2 is 1.88 bits per heavy atom. The highest BCUT2D eigenvalue weighted by Crippen LogP contribution is 2.22. The number of hydrogen-bond acceptors (Lipinski definition) is 3. The fraction of sp³-hybridized carbons (Fsp3) is 0. The molecule has 16 heavy (non-hydrogen) atoms. The van der Waals surface area contributed by atoms with Crippen molar-refractivity contribution in [2.75, 3.05) is 0 Å². The number of benzene rings is 2. The van der Waals surface area contributed by atoms with Crippen LogP contribution in [0.25, 0.3) is 10.8 Å². The first-order valence-electron chi connectivity index (χ1n) is 4.50. The van der Waals surface area contributed by atoms with Crippen molar-refractivity contribution in [1.29, 1.82) is 0 Å². The van der Waals surface area contributed by atoms with Gasteiger partial charge in [-0.25, -0.2) is 4.79 Å². The van der Waals surface area contributed by atoms with Crippen LogP contribution in [0.2, 0.25) is 0 Å². The van der Waals surface area contributed by atoms with Crippen LogP contribution < -0.4 is 10.2 Å². The summed E-state index contributed by atoms with van der Waals surface area (Å²) in [5.74, 6) is -1.23. The Morgan fingerprint density at radius 3 is 2.50 bits per heavy atom. The third kappa shape index (κ3) is 1.69. The molecule has 1 unspecified atom stereocenters. The molecule has 0 radical (unpaired) electrons. The fourth-order valence-electron chi connectivity index (χ4n) is 1.64. The Hall–Kier alpha value is -1.77. The van der Waals surface area contributed by atoms with E-state index in [9.17, 15) is 14.3 Å². The molecule has 0 heterocycles. The van der Waals surface area contributed by atoms with E-state index >= 15 is 0 Å². The lowest BCUT2D eigenvalue weighted by Gasteiger charge is -2.03. The van der Waals surface area contributed by atoms with E-state index in [-0.39, 0.29) is 10.9 Å². The van der Waals surface area contributed by atoms with E-state index in [0.29, 0.717) is 10.8 Å². The van der Waals surface area contributed by atoms with Gasteiger partial charge >= 0.3 is 14.0 Å². The van der Waals surface area contributed by atoms with Gasteiger partial charge in [-0.3, -0.25) is 0 Å². The van der Waals surface area contributed by atoms with Crippen LogP contribution in [0.15, 0.2) is 36.4 Å². The number of aromatic carboxylic acids is 1. The average molecular weight is 234 g/mol. The van der Waals surface area contributed by atoms with E-state index in [2.05, 4.69) is 0 Å². The number of rotatable bonds is 2. The number of carbonyl (C=O) groups is 1. The highest BCUT2D eigenvalue weighted by atomic mass is 31.1. The molecule has 0 spiro atoms. The zero-order valence-corrected chi connectivity index (χ0v) is 8.98. The molecule has 1 atom stereocenters. The molecule has 0 aromatic heterocycles. The minimum atomic E-state index is -2.90. The van der Waals surface area contributed by atoms with E-state index in [1.807, 2.05) is 0 Å². The molecule has 0 aliphatic heterocycles. The van der Waals surface area contributed by atoms with Gasteiger partial charge in [0, 0.05) is 5.39 Å². The summed E-state index contributed by atoms with van der Waals surface area (Å²) in [5, 5.41) is 10.0. The molecule has 5 heteroatoms. The molecule has 80 valence electrons. The molecule has 0 saturated carbocycles. The van der Waals surface area contributed by atoms with Gasteiger partial charge in [0.05, 0.1) is 0 Å². The summed E-state index contributed by atoms with van der Waals surface area (Å²) in [6.07, 6.45) is 0.